The molecule has 0 unspecified atom stereocenters. The minimum Gasteiger partial charge on any atom is -0.494 e. The minimum atomic E-state index is -0.299. The van der Waals surface area contributed by atoms with E-state index < -0.39 is 0 Å². The van der Waals surface area contributed by atoms with Gasteiger partial charge in [0.05, 0.1) is 18.5 Å². The molecule has 0 saturated carbocycles. The molecule has 124 valence electrons. The van der Waals surface area contributed by atoms with E-state index in [1.54, 1.807) is 13.1 Å². The van der Waals surface area contributed by atoms with E-state index in [9.17, 15) is 4.79 Å². The average Bonchev–Trinajstić information content (AvgIpc) is 2.89. The van der Waals surface area contributed by atoms with Crippen LogP contribution >= 0.6 is 0 Å². The number of benzene rings is 1. The number of ether oxygens (including phenoxy) is 2. The second kappa shape index (κ2) is 6.57. The summed E-state index contributed by atoms with van der Waals surface area (Å²) in [6.07, 6.45) is 1.58. The lowest BCUT2D eigenvalue weighted by Crippen LogP contribution is -2.16. The van der Waals surface area contributed by atoms with Crippen LogP contribution in [0.5, 0.6) is 17.4 Å². The van der Waals surface area contributed by atoms with Gasteiger partial charge in [-0.25, -0.2) is 19.4 Å². The SMILES string of the molecule is CCOc1cccc(Oc2ncc(-n3c(C)n[nH]c3=O)cc2C)c1. The van der Waals surface area contributed by atoms with Crippen molar-refractivity contribution in [1.29, 1.82) is 0 Å². The summed E-state index contributed by atoms with van der Waals surface area (Å²) in [4.78, 5) is 16.1. The van der Waals surface area contributed by atoms with E-state index in [2.05, 4.69) is 15.2 Å². The Hall–Kier alpha value is -3.09. The first kappa shape index (κ1) is 15.8. The van der Waals surface area contributed by atoms with Gasteiger partial charge in [0.15, 0.2) is 0 Å². The molecule has 0 radical (unpaired) electrons. The summed E-state index contributed by atoms with van der Waals surface area (Å²) in [7, 11) is 0. The van der Waals surface area contributed by atoms with Crippen LogP contribution in [0, 0.1) is 13.8 Å². The Morgan fingerprint density at radius 1 is 1.21 bits per heavy atom. The number of rotatable bonds is 5. The van der Waals surface area contributed by atoms with Crippen LogP contribution in [0.2, 0.25) is 0 Å². The van der Waals surface area contributed by atoms with Gasteiger partial charge < -0.3 is 9.47 Å². The molecule has 1 N–H and O–H groups in total. The van der Waals surface area contributed by atoms with Gasteiger partial charge in [-0.1, -0.05) is 6.07 Å². The molecule has 2 heterocycles. The fraction of sp³-hybridized carbons (Fsp3) is 0.235. The number of nitrogens with one attached hydrogen (secondary N) is 1. The fourth-order valence-corrected chi connectivity index (χ4v) is 2.36. The monoisotopic (exact) mass is 326 g/mol. The summed E-state index contributed by atoms with van der Waals surface area (Å²) in [5.41, 5.74) is 1.15. The van der Waals surface area contributed by atoms with Crippen molar-refractivity contribution >= 4 is 0 Å². The zero-order valence-corrected chi connectivity index (χ0v) is 13.7. The molecule has 3 aromatic rings. The topological polar surface area (TPSA) is 82.0 Å². The van der Waals surface area contributed by atoms with E-state index in [4.69, 9.17) is 9.47 Å². The molecule has 0 amide bonds. The lowest BCUT2D eigenvalue weighted by Gasteiger charge is -2.11. The quantitative estimate of drug-likeness (QED) is 0.779. The van der Waals surface area contributed by atoms with Crippen molar-refractivity contribution in [2.45, 2.75) is 20.8 Å². The number of nitrogens with zero attached hydrogens (tertiary/aromatic N) is 3. The average molecular weight is 326 g/mol. The highest BCUT2D eigenvalue weighted by Gasteiger charge is 2.10. The van der Waals surface area contributed by atoms with Gasteiger partial charge in [0.2, 0.25) is 5.88 Å². The van der Waals surface area contributed by atoms with Crippen molar-refractivity contribution in [1.82, 2.24) is 19.7 Å². The Labute approximate surface area is 138 Å². The van der Waals surface area contributed by atoms with E-state index >= 15 is 0 Å². The number of aryl methyl sites for hydroxylation is 2. The van der Waals surface area contributed by atoms with Crippen molar-refractivity contribution in [3.05, 3.63) is 58.4 Å². The van der Waals surface area contributed by atoms with E-state index in [1.165, 1.54) is 4.57 Å². The Bertz CT molecular complexity index is 914. The van der Waals surface area contributed by atoms with Gasteiger partial charge in [-0.3, -0.25) is 0 Å². The smallest absolute Gasteiger partial charge is 0.347 e. The molecule has 3 rings (SSSR count). The van der Waals surface area contributed by atoms with Crippen LogP contribution in [0.25, 0.3) is 5.69 Å². The zero-order valence-electron chi connectivity index (χ0n) is 13.7. The fourth-order valence-electron chi connectivity index (χ4n) is 2.36. The lowest BCUT2D eigenvalue weighted by atomic mass is 10.2. The highest BCUT2D eigenvalue weighted by Crippen LogP contribution is 2.27. The molecular weight excluding hydrogens is 308 g/mol. The highest BCUT2D eigenvalue weighted by molar-refractivity contribution is 5.41. The number of hydrogen-bond donors (Lipinski definition) is 1. The molecule has 0 aliphatic carbocycles. The van der Waals surface area contributed by atoms with Gasteiger partial charge in [0.1, 0.15) is 17.3 Å². The normalized spacial score (nSPS) is 10.6. The summed E-state index contributed by atoms with van der Waals surface area (Å²) < 4.78 is 12.7. The molecular formula is C17H18N4O3. The molecule has 7 nitrogen and oxygen atoms in total. The first-order valence-electron chi connectivity index (χ1n) is 7.60. The van der Waals surface area contributed by atoms with Crippen LogP contribution in [0.3, 0.4) is 0 Å². The van der Waals surface area contributed by atoms with Gasteiger partial charge in [0.25, 0.3) is 0 Å². The molecule has 0 atom stereocenters. The second-order valence-electron chi connectivity index (χ2n) is 5.24. The Morgan fingerprint density at radius 2 is 2.00 bits per heavy atom. The molecule has 0 fully saturated rings. The summed E-state index contributed by atoms with van der Waals surface area (Å²) >= 11 is 0. The van der Waals surface area contributed by atoms with Crippen LogP contribution < -0.4 is 15.2 Å². The first-order valence-corrected chi connectivity index (χ1v) is 7.60. The van der Waals surface area contributed by atoms with Crippen LogP contribution in [-0.4, -0.2) is 26.4 Å². The maximum absolute atomic E-state index is 11.8. The second-order valence-corrected chi connectivity index (χ2v) is 5.24. The molecule has 0 saturated heterocycles. The summed E-state index contributed by atoms with van der Waals surface area (Å²) in [5, 5.41) is 6.30. The third-order valence-corrected chi connectivity index (χ3v) is 3.45. The van der Waals surface area contributed by atoms with E-state index in [1.807, 2.05) is 44.2 Å². The van der Waals surface area contributed by atoms with E-state index in [-0.39, 0.29) is 5.69 Å². The number of H-pyrrole nitrogens is 1. The third-order valence-electron chi connectivity index (χ3n) is 3.45. The predicted molar refractivity (Wildman–Crippen MR) is 89.1 cm³/mol. The van der Waals surface area contributed by atoms with E-state index in [0.717, 1.165) is 11.3 Å². The standard InChI is InChI=1S/C17H18N4O3/c1-4-23-14-6-5-7-15(9-14)24-16-11(2)8-13(10-18-16)21-12(3)19-20-17(21)22/h5-10H,4H2,1-3H3,(H,20,22). The van der Waals surface area contributed by atoms with Crippen LogP contribution in [0.4, 0.5) is 0 Å². The first-order chi connectivity index (χ1) is 11.6. The van der Waals surface area contributed by atoms with Gasteiger partial charge in [0, 0.05) is 11.6 Å². The van der Waals surface area contributed by atoms with Gasteiger partial charge >= 0.3 is 5.69 Å². The van der Waals surface area contributed by atoms with Crippen molar-refractivity contribution in [3.63, 3.8) is 0 Å². The zero-order chi connectivity index (χ0) is 17.1. The van der Waals surface area contributed by atoms with Crippen LogP contribution in [0.1, 0.15) is 18.3 Å². The van der Waals surface area contributed by atoms with Gasteiger partial charge in [-0.2, -0.15) is 5.10 Å². The minimum absolute atomic E-state index is 0.299. The molecule has 0 aliphatic heterocycles. The maximum Gasteiger partial charge on any atom is 0.347 e. The predicted octanol–water partition coefficient (Wildman–Crippen LogP) is 2.76. The molecule has 0 aliphatic rings. The van der Waals surface area contributed by atoms with Gasteiger partial charge in [-0.05, 0) is 39.0 Å². The number of aromatic nitrogens is 4. The Kier molecular flexibility index (Phi) is 4.33. The summed E-state index contributed by atoms with van der Waals surface area (Å²) in [6.45, 7) is 6.14. The molecule has 0 bridgehead atoms. The highest BCUT2D eigenvalue weighted by atomic mass is 16.5. The van der Waals surface area contributed by atoms with Crippen molar-refractivity contribution < 1.29 is 9.47 Å². The van der Waals surface area contributed by atoms with E-state index in [0.29, 0.717) is 29.7 Å². The Balaban J connectivity index is 1.88. The van der Waals surface area contributed by atoms with Crippen LogP contribution in [-0.2, 0) is 0 Å². The van der Waals surface area contributed by atoms with Crippen molar-refractivity contribution in [2.75, 3.05) is 6.61 Å². The van der Waals surface area contributed by atoms with Crippen molar-refractivity contribution in [2.24, 2.45) is 0 Å². The number of pyridine rings is 1. The Morgan fingerprint density at radius 3 is 2.67 bits per heavy atom. The molecule has 1 aromatic carbocycles. The molecule has 2 aromatic heterocycles. The number of aromatic amines is 1. The van der Waals surface area contributed by atoms with Gasteiger partial charge in [-0.15, -0.1) is 0 Å². The third kappa shape index (κ3) is 3.15. The maximum atomic E-state index is 11.8. The van der Waals surface area contributed by atoms with Crippen molar-refractivity contribution in [3.8, 4) is 23.1 Å². The molecule has 0 spiro atoms. The largest absolute Gasteiger partial charge is 0.494 e. The summed E-state index contributed by atoms with van der Waals surface area (Å²) in [6, 6.07) is 9.20. The summed E-state index contributed by atoms with van der Waals surface area (Å²) in [5.74, 6) is 2.42. The lowest BCUT2D eigenvalue weighted by molar-refractivity contribution is 0.338. The molecule has 7 heteroatoms. The van der Waals surface area contributed by atoms with Crippen LogP contribution in [0.15, 0.2) is 41.3 Å². The molecule has 24 heavy (non-hydrogen) atoms. The number of hydrogen-bond acceptors (Lipinski definition) is 5.